The Balaban J connectivity index is 1.36. The highest BCUT2D eigenvalue weighted by atomic mass is 19.1. The van der Waals surface area contributed by atoms with E-state index in [2.05, 4.69) is 11.4 Å². The zero-order valence-corrected chi connectivity index (χ0v) is 15.9. The molecule has 1 aromatic carbocycles. The van der Waals surface area contributed by atoms with E-state index < -0.39 is 0 Å². The fourth-order valence-corrected chi connectivity index (χ4v) is 3.71. The number of carbonyl (C=O) groups excluding carboxylic acids is 2. The third-order valence-electron chi connectivity index (χ3n) is 5.35. The van der Waals surface area contributed by atoms with Crippen molar-refractivity contribution in [2.24, 2.45) is 0 Å². The lowest BCUT2D eigenvalue weighted by Crippen LogP contribution is -2.43. The Morgan fingerprint density at radius 2 is 1.96 bits per heavy atom. The summed E-state index contributed by atoms with van der Waals surface area (Å²) in [5.74, 6) is -0.306. The molecule has 3 amide bonds. The quantitative estimate of drug-likeness (QED) is 0.680. The number of benzene rings is 1. The summed E-state index contributed by atoms with van der Waals surface area (Å²) in [6.45, 7) is 3.61. The Morgan fingerprint density at radius 1 is 1.21 bits per heavy atom. The molecule has 150 valence electrons. The molecule has 28 heavy (non-hydrogen) atoms. The third kappa shape index (κ3) is 4.78. The van der Waals surface area contributed by atoms with E-state index >= 15 is 0 Å². The van der Waals surface area contributed by atoms with E-state index in [1.54, 1.807) is 32.9 Å². The first-order valence-corrected chi connectivity index (χ1v) is 9.77. The van der Waals surface area contributed by atoms with Crippen LogP contribution in [0.5, 0.6) is 0 Å². The van der Waals surface area contributed by atoms with Crippen molar-refractivity contribution in [1.82, 2.24) is 20.0 Å². The number of amides is 3. The Kier molecular flexibility index (Phi) is 6.82. The van der Waals surface area contributed by atoms with E-state index in [0.717, 1.165) is 12.8 Å². The Bertz CT molecular complexity index is 750. The lowest BCUT2D eigenvalue weighted by Gasteiger charge is -2.21. The van der Waals surface area contributed by atoms with Gasteiger partial charge in [0.25, 0.3) is 0 Å². The average Bonchev–Trinajstić information content (AvgIpc) is 3.31. The zero-order chi connectivity index (χ0) is 19.9. The topological polar surface area (TPSA) is 79.7 Å². The first kappa shape index (κ1) is 20.1. The number of halogens is 1. The maximum absolute atomic E-state index is 13.7. The number of nitrogens with zero attached hydrogens (tertiary/aromatic N) is 4. The number of nitrogens with one attached hydrogen (secondary N) is 1. The second kappa shape index (κ2) is 9.51. The summed E-state index contributed by atoms with van der Waals surface area (Å²) in [4.78, 5) is 29.7. The van der Waals surface area contributed by atoms with Crippen molar-refractivity contribution in [1.29, 1.82) is 5.26 Å². The molecule has 2 aliphatic rings. The Morgan fingerprint density at radius 3 is 2.71 bits per heavy atom. The summed E-state index contributed by atoms with van der Waals surface area (Å²) in [5, 5.41) is 12.1. The molecule has 0 bridgehead atoms. The Hall–Kier alpha value is -2.66. The number of carbonyl (C=O) groups is 2. The van der Waals surface area contributed by atoms with Gasteiger partial charge in [0.15, 0.2) is 0 Å². The Labute approximate surface area is 164 Å². The van der Waals surface area contributed by atoms with Gasteiger partial charge in [-0.3, -0.25) is 4.79 Å². The van der Waals surface area contributed by atoms with Gasteiger partial charge in [0, 0.05) is 39.3 Å². The monoisotopic (exact) mass is 387 g/mol. The minimum atomic E-state index is -0.308. The van der Waals surface area contributed by atoms with Crippen molar-refractivity contribution < 1.29 is 14.0 Å². The van der Waals surface area contributed by atoms with Crippen LogP contribution in [0.15, 0.2) is 24.3 Å². The van der Waals surface area contributed by atoms with Gasteiger partial charge in [-0.15, -0.1) is 0 Å². The van der Waals surface area contributed by atoms with Crippen LogP contribution in [0.25, 0.3) is 0 Å². The molecule has 2 fully saturated rings. The molecule has 1 aromatic rings. The maximum Gasteiger partial charge on any atom is 0.320 e. The smallest absolute Gasteiger partial charge is 0.320 e. The van der Waals surface area contributed by atoms with Gasteiger partial charge in [0.2, 0.25) is 5.91 Å². The molecule has 2 heterocycles. The molecule has 2 aliphatic heterocycles. The number of urea groups is 1. The van der Waals surface area contributed by atoms with Gasteiger partial charge in [0.1, 0.15) is 11.9 Å². The summed E-state index contributed by atoms with van der Waals surface area (Å²) in [6.07, 6.45) is 2.11. The third-order valence-corrected chi connectivity index (χ3v) is 5.35. The summed E-state index contributed by atoms with van der Waals surface area (Å²) in [6, 6.07) is 8.43. The van der Waals surface area contributed by atoms with Crippen molar-refractivity contribution in [2.45, 2.75) is 25.3 Å². The van der Waals surface area contributed by atoms with Gasteiger partial charge in [0.05, 0.1) is 12.6 Å². The molecular weight excluding hydrogens is 361 g/mol. The van der Waals surface area contributed by atoms with Gasteiger partial charge >= 0.3 is 6.03 Å². The highest BCUT2D eigenvalue weighted by Crippen LogP contribution is 2.16. The van der Waals surface area contributed by atoms with Crippen molar-refractivity contribution in [3.8, 4) is 6.07 Å². The number of nitriles is 1. The fourth-order valence-electron chi connectivity index (χ4n) is 3.71. The van der Waals surface area contributed by atoms with Crippen molar-refractivity contribution >= 4 is 11.9 Å². The van der Waals surface area contributed by atoms with E-state index in [1.165, 1.54) is 6.07 Å². The predicted molar refractivity (Wildman–Crippen MR) is 102 cm³/mol. The van der Waals surface area contributed by atoms with Crippen LogP contribution in [0.3, 0.4) is 0 Å². The molecule has 0 aromatic heterocycles. The minimum Gasteiger partial charge on any atom is -0.326 e. The minimum absolute atomic E-state index is 0.0476. The highest BCUT2D eigenvalue weighted by Gasteiger charge is 2.29. The molecule has 2 saturated heterocycles. The van der Waals surface area contributed by atoms with E-state index in [9.17, 15) is 14.0 Å². The molecular formula is C20H26FN5O2. The second-order valence-electron chi connectivity index (χ2n) is 7.15. The standard InChI is InChI=1S/C20H26FN5O2/c21-18-6-2-1-4-16(18)7-10-24-12-13-25(20(24)28)11-8-23-15-19(27)26-9-3-5-17(26)14-22/h1-2,4,6,17,23H,3,5,7-13,15H2/t17-/m0/s1. The van der Waals surface area contributed by atoms with Gasteiger partial charge in [-0.25, -0.2) is 9.18 Å². The summed E-state index contributed by atoms with van der Waals surface area (Å²) in [5.41, 5.74) is 0.617. The lowest BCUT2D eigenvalue weighted by molar-refractivity contribution is -0.130. The molecule has 0 unspecified atom stereocenters. The average molecular weight is 387 g/mol. The van der Waals surface area contributed by atoms with Gasteiger partial charge in [-0.05, 0) is 30.9 Å². The SMILES string of the molecule is N#C[C@@H]1CCCN1C(=O)CNCCN1CCN(CCc2ccccc2F)C1=O. The van der Waals surface area contributed by atoms with Crippen LogP contribution in [0.1, 0.15) is 18.4 Å². The van der Waals surface area contributed by atoms with E-state index in [0.29, 0.717) is 51.3 Å². The first-order chi connectivity index (χ1) is 13.6. The number of rotatable bonds is 8. The second-order valence-corrected chi connectivity index (χ2v) is 7.15. The van der Waals surface area contributed by atoms with Gasteiger partial charge < -0.3 is 20.0 Å². The van der Waals surface area contributed by atoms with Crippen LogP contribution in [-0.4, -0.2) is 78.5 Å². The molecule has 3 rings (SSSR count). The lowest BCUT2D eigenvalue weighted by atomic mass is 10.1. The number of hydrogen-bond acceptors (Lipinski definition) is 4. The summed E-state index contributed by atoms with van der Waals surface area (Å²) in [7, 11) is 0. The molecule has 1 N–H and O–H groups in total. The molecule has 8 heteroatoms. The van der Waals surface area contributed by atoms with Crippen molar-refractivity contribution in [3.05, 3.63) is 35.6 Å². The number of likely N-dealkylation sites (tertiary alicyclic amines) is 1. The van der Waals surface area contributed by atoms with Crippen LogP contribution < -0.4 is 5.32 Å². The predicted octanol–water partition coefficient (Wildman–Crippen LogP) is 1.21. The van der Waals surface area contributed by atoms with Crippen molar-refractivity contribution in [2.75, 3.05) is 45.8 Å². The molecule has 7 nitrogen and oxygen atoms in total. The largest absolute Gasteiger partial charge is 0.326 e. The van der Waals surface area contributed by atoms with Crippen LogP contribution in [-0.2, 0) is 11.2 Å². The van der Waals surface area contributed by atoms with Gasteiger partial charge in [-0.2, -0.15) is 5.26 Å². The normalized spacial score (nSPS) is 19.4. The summed E-state index contributed by atoms with van der Waals surface area (Å²) < 4.78 is 13.7. The molecule has 1 atom stereocenters. The van der Waals surface area contributed by atoms with Crippen LogP contribution in [0, 0.1) is 17.1 Å². The van der Waals surface area contributed by atoms with E-state index in [4.69, 9.17) is 5.26 Å². The molecule has 0 radical (unpaired) electrons. The first-order valence-electron chi connectivity index (χ1n) is 9.77. The highest BCUT2D eigenvalue weighted by molar-refractivity contribution is 5.79. The molecule has 0 aliphatic carbocycles. The van der Waals surface area contributed by atoms with Gasteiger partial charge in [-0.1, -0.05) is 18.2 Å². The molecule has 0 saturated carbocycles. The van der Waals surface area contributed by atoms with Crippen molar-refractivity contribution in [3.63, 3.8) is 0 Å². The van der Waals surface area contributed by atoms with Crippen LogP contribution in [0.2, 0.25) is 0 Å². The molecule has 0 spiro atoms. The zero-order valence-electron chi connectivity index (χ0n) is 15.9. The fraction of sp³-hybridized carbons (Fsp3) is 0.550. The maximum atomic E-state index is 13.7. The van der Waals surface area contributed by atoms with E-state index in [1.807, 2.05) is 0 Å². The van der Waals surface area contributed by atoms with E-state index in [-0.39, 0.29) is 30.3 Å². The summed E-state index contributed by atoms with van der Waals surface area (Å²) >= 11 is 0. The van der Waals surface area contributed by atoms with Crippen LogP contribution >= 0.6 is 0 Å². The van der Waals surface area contributed by atoms with Crippen LogP contribution in [0.4, 0.5) is 9.18 Å². The number of hydrogen-bond donors (Lipinski definition) is 1.